The second-order valence-corrected chi connectivity index (χ2v) is 5.94. The highest BCUT2D eigenvalue weighted by Gasteiger charge is 2.36. The van der Waals surface area contributed by atoms with Crippen LogP contribution >= 0.6 is 0 Å². The third-order valence-electron chi connectivity index (χ3n) is 4.76. The molecule has 3 rings (SSSR count). The van der Waals surface area contributed by atoms with Crippen LogP contribution in [0.3, 0.4) is 0 Å². The summed E-state index contributed by atoms with van der Waals surface area (Å²) in [6, 6.07) is 2.63. The Balaban J connectivity index is 1.84. The topological polar surface area (TPSA) is 49.6 Å². The van der Waals surface area contributed by atoms with Gasteiger partial charge >= 0.3 is 0 Å². The highest BCUT2D eigenvalue weighted by atomic mass is 19.2. The molecule has 0 aromatic heterocycles. The average Bonchev–Trinajstić information content (AvgIpc) is 2.67. The van der Waals surface area contributed by atoms with Crippen LogP contribution in [0.15, 0.2) is 12.1 Å². The van der Waals surface area contributed by atoms with E-state index in [4.69, 9.17) is 5.73 Å². The molecule has 2 saturated heterocycles. The number of fused-ring (bicyclic) bond motifs is 2. The number of benzene rings is 1. The molecule has 2 aliphatic rings. The third-order valence-corrected chi connectivity index (χ3v) is 4.76. The average molecular weight is 295 g/mol. The number of nitrogens with zero attached hydrogens (tertiary/aromatic N) is 2. The van der Waals surface area contributed by atoms with Gasteiger partial charge in [-0.1, -0.05) is 0 Å². The van der Waals surface area contributed by atoms with Gasteiger partial charge in [0.25, 0.3) is 5.91 Å². The summed E-state index contributed by atoms with van der Waals surface area (Å²) in [6.45, 7) is 1.24. The molecule has 2 bridgehead atoms. The minimum atomic E-state index is -1.04. The van der Waals surface area contributed by atoms with Gasteiger partial charge in [-0.3, -0.25) is 9.69 Å². The van der Waals surface area contributed by atoms with Crippen LogP contribution in [0.25, 0.3) is 0 Å². The van der Waals surface area contributed by atoms with E-state index >= 15 is 0 Å². The molecular weight excluding hydrogens is 276 g/mol. The summed E-state index contributed by atoms with van der Waals surface area (Å²) in [6.07, 6.45) is 3.14. The molecule has 6 heteroatoms. The second kappa shape index (κ2) is 5.26. The Bertz CT molecular complexity index is 578. The Morgan fingerprint density at radius 3 is 2.62 bits per heavy atom. The van der Waals surface area contributed by atoms with E-state index in [-0.39, 0.29) is 17.2 Å². The zero-order chi connectivity index (χ0) is 15.1. The van der Waals surface area contributed by atoms with Crippen molar-refractivity contribution in [1.29, 1.82) is 0 Å². The maximum absolute atomic E-state index is 13.4. The van der Waals surface area contributed by atoms with Gasteiger partial charge in [-0.05, 0) is 32.4 Å². The quantitative estimate of drug-likeness (QED) is 0.805. The number of amides is 1. The summed E-state index contributed by atoms with van der Waals surface area (Å²) < 4.78 is 26.5. The van der Waals surface area contributed by atoms with Crippen molar-refractivity contribution in [1.82, 2.24) is 9.80 Å². The van der Waals surface area contributed by atoms with Gasteiger partial charge < -0.3 is 10.6 Å². The summed E-state index contributed by atoms with van der Waals surface area (Å²) in [4.78, 5) is 16.6. The Morgan fingerprint density at radius 2 is 1.86 bits per heavy atom. The van der Waals surface area contributed by atoms with Crippen LogP contribution < -0.4 is 5.73 Å². The van der Waals surface area contributed by atoms with Gasteiger partial charge in [0, 0.05) is 36.9 Å². The molecule has 0 saturated carbocycles. The first-order chi connectivity index (χ1) is 9.97. The van der Waals surface area contributed by atoms with E-state index in [1.165, 1.54) is 0 Å². The van der Waals surface area contributed by atoms with E-state index in [0.717, 1.165) is 31.4 Å². The SMILES string of the molecule is CN1C2CCC1CN(C(=O)c1cc(F)c(F)cc1N)CC2. The lowest BCUT2D eigenvalue weighted by Gasteiger charge is -2.26. The van der Waals surface area contributed by atoms with Gasteiger partial charge in [0.2, 0.25) is 0 Å². The molecule has 2 aliphatic heterocycles. The molecule has 2 atom stereocenters. The van der Waals surface area contributed by atoms with Gasteiger partial charge in [0.1, 0.15) is 0 Å². The predicted molar refractivity (Wildman–Crippen MR) is 75.9 cm³/mol. The lowest BCUT2D eigenvalue weighted by molar-refractivity contribution is 0.0740. The van der Waals surface area contributed by atoms with E-state index in [1.807, 2.05) is 0 Å². The van der Waals surface area contributed by atoms with Crippen molar-refractivity contribution in [2.45, 2.75) is 31.3 Å². The molecule has 2 heterocycles. The van der Waals surface area contributed by atoms with Crippen molar-refractivity contribution in [3.05, 3.63) is 29.3 Å². The molecule has 4 nitrogen and oxygen atoms in total. The minimum absolute atomic E-state index is 0.0124. The third kappa shape index (κ3) is 2.48. The van der Waals surface area contributed by atoms with Crippen LogP contribution in [0.1, 0.15) is 29.6 Å². The van der Waals surface area contributed by atoms with Crippen LogP contribution in [0, 0.1) is 11.6 Å². The maximum Gasteiger partial charge on any atom is 0.256 e. The Hall–Kier alpha value is -1.69. The van der Waals surface area contributed by atoms with Crippen LogP contribution in [0.4, 0.5) is 14.5 Å². The fourth-order valence-corrected chi connectivity index (χ4v) is 3.41. The Kier molecular flexibility index (Phi) is 3.57. The monoisotopic (exact) mass is 295 g/mol. The molecule has 0 radical (unpaired) electrons. The fourth-order valence-electron chi connectivity index (χ4n) is 3.41. The highest BCUT2D eigenvalue weighted by molar-refractivity contribution is 5.99. The zero-order valence-corrected chi connectivity index (χ0v) is 12.0. The smallest absolute Gasteiger partial charge is 0.256 e. The summed E-state index contributed by atoms with van der Waals surface area (Å²) >= 11 is 0. The Morgan fingerprint density at radius 1 is 1.19 bits per heavy atom. The van der Waals surface area contributed by atoms with Crippen molar-refractivity contribution < 1.29 is 13.6 Å². The molecule has 21 heavy (non-hydrogen) atoms. The van der Waals surface area contributed by atoms with Crippen LogP contribution in [0.2, 0.25) is 0 Å². The second-order valence-electron chi connectivity index (χ2n) is 5.94. The van der Waals surface area contributed by atoms with E-state index in [2.05, 4.69) is 11.9 Å². The summed E-state index contributed by atoms with van der Waals surface area (Å²) in [5.41, 5.74) is 5.71. The number of carbonyl (C=O) groups is 1. The Labute approximate surface area is 122 Å². The molecule has 2 fully saturated rings. The lowest BCUT2D eigenvalue weighted by Crippen LogP contribution is -2.40. The largest absolute Gasteiger partial charge is 0.398 e. The van der Waals surface area contributed by atoms with Crippen molar-refractivity contribution >= 4 is 11.6 Å². The first kappa shape index (κ1) is 14.3. The standard InChI is InChI=1S/C15H19F2N3O/c1-19-9-2-3-10(19)8-20(5-4-9)15(21)11-6-12(16)13(17)7-14(11)18/h6-7,9-10H,2-5,8,18H2,1H3. The molecule has 0 aliphatic carbocycles. The number of rotatable bonds is 1. The van der Waals surface area contributed by atoms with Crippen molar-refractivity contribution in [3.63, 3.8) is 0 Å². The summed E-state index contributed by atoms with van der Waals surface area (Å²) in [7, 11) is 2.09. The highest BCUT2D eigenvalue weighted by Crippen LogP contribution is 2.29. The van der Waals surface area contributed by atoms with Crippen molar-refractivity contribution in [2.75, 3.05) is 25.9 Å². The van der Waals surface area contributed by atoms with E-state index in [0.29, 0.717) is 25.2 Å². The molecule has 0 spiro atoms. The number of nitrogens with two attached hydrogens (primary N) is 1. The first-order valence-electron chi connectivity index (χ1n) is 7.23. The van der Waals surface area contributed by atoms with Gasteiger partial charge in [0.05, 0.1) is 5.56 Å². The fraction of sp³-hybridized carbons (Fsp3) is 0.533. The molecule has 2 N–H and O–H groups in total. The van der Waals surface area contributed by atoms with Crippen LogP contribution in [-0.4, -0.2) is 47.9 Å². The van der Waals surface area contributed by atoms with E-state index in [9.17, 15) is 13.6 Å². The number of anilines is 1. The van der Waals surface area contributed by atoms with Crippen molar-refractivity contribution in [2.24, 2.45) is 0 Å². The number of carbonyl (C=O) groups excluding carboxylic acids is 1. The lowest BCUT2D eigenvalue weighted by atomic mass is 10.1. The van der Waals surface area contributed by atoms with E-state index in [1.54, 1.807) is 4.90 Å². The molecular formula is C15H19F2N3O. The summed E-state index contributed by atoms with van der Waals surface area (Å²) in [5.74, 6) is -2.38. The zero-order valence-electron chi connectivity index (χ0n) is 12.0. The molecule has 2 unspecified atom stereocenters. The van der Waals surface area contributed by atoms with E-state index < -0.39 is 11.6 Å². The van der Waals surface area contributed by atoms with Gasteiger partial charge in [-0.2, -0.15) is 0 Å². The molecule has 1 amide bonds. The number of likely N-dealkylation sites (tertiary alicyclic amines) is 1. The number of likely N-dealkylation sites (N-methyl/N-ethyl adjacent to an activating group) is 1. The molecule has 114 valence electrons. The number of halogens is 2. The maximum atomic E-state index is 13.4. The molecule has 1 aromatic carbocycles. The van der Waals surface area contributed by atoms with Crippen molar-refractivity contribution in [3.8, 4) is 0 Å². The van der Waals surface area contributed by atoms with Gasteiger partial charge in [-0.25, -0.2) is 8.78 Å². The van der Waals surface area contributed by atoms with Crippen LogP contribution in [-0.2, 0) is 0 Å². The molecule has 1 aromatic rings. The predicted octanol–water partition coefficient (Wildman–Crippen LogP) is 1.86. The number of nitrogen functional groups attached to an aromatic ring is 1. The first-order valence-corrected chi connectivity index (χ1v) is 7.23. The van der Waals surface area contributed by atoms with Gasteiger partial charge in [0.15, 0.2) is 11.6 Å². The normalized spacial score (nSPS) is 26.0. The number of hydrogen-bond acceptors (Lipinski definition) is 3. The minimum Gasteiger partial charge on any atom is -0.398 e. The number of hydrogen-bond donors (Lipinski definition) is 1. The summed E-state index contributed by atoms with van der Waals surface area (Å²) in [5, 5.41) is 0. The van der Waals surface area contributed by atoms with Gasteiger partial charge in [-0.15, -0.1) is 0 Å². The van der Waals surface area contributed by atoms with Crippen LogP contribution in [0.5, 0.6) is 0 Å².